The lowest BCUT2D eigenvalue weighted by Gasteiger charge is -2.07. The minimum absolute atomic E-state index is 0.427. The van der Waals surface area contributed by atoms with Crippen LogP contribution >= 0.6 is 11.6 Å². The second kappa shape index (κ2) is 3.34. The van der Waals surface area contributed by atoms with Crippen molar-refractivity contribution in [3.8, 4) is 12.1 Å². The van der Waals surface area contributed by atoms with E-state index in [4.69, 9.17) is 11.6 Å². The third-order valence-electron chi connectivity index (χ3n) is 3.88. The molecule has 1 N–H and O–H groups in total. The lowest BCUT2D eigenvalue weighted by molar-refractivity contribution is -0.128. The Hall–Kier alpha value is -2.37. The van der Waals surface area contributed by atoms with Gasteiger partial charge in [0.25, 0.3) is 0 Å². The molecule has 2 fully saturated rings. The molecule has 3 atom stereocenters. The summed E-state index contributed by atoms with van der Waals surface area (Å²) in [4.78, 5) is 23.7. The van der Waals surface area contributed by atoms with Crippen LogP contribution < -0.4 is 5.32 Å². The van der Waals surface area contributed by atoms with E-state index in [1.165, 1.54) is 0 Å². The van der Waals surface area contributed by atoms with E-state index in [9.17, 15) is 20.1 Å². The molecule has 2 amide bonds. The maximum Gasteiger partial charge on any atom is 0.250 e. The van der Waals surface area contributed by atoms with E-state index in [1.807, 2.05) is 12.1 Å². The number of carbonyl (C=O) groups is 2. The number of hydrogen-bond donors (Lipinski definition) is 1. The molecule has 5 nitrogen and oxygen atoms in total. The Morgan fingerprint density at radius 2 is 1.74 bits per heavy atom. The number of nitrogens with zero attached hydrogens (tertiary/aromatic N) is 2. The third kappa shape index (κ3) is 1.05. The minimum Gasteiger partial charge on any atom is -0.293 e. The first kappa shape index (κ1) is 11.7. The fraction of sp³-hybridized carbons (Fsp3) is 0.231. The van der Waals surface area contributed by atoms with E-state index >= 15 is 0 Å². The Labute approximate surface area is 113 Å². The normalized spacial score (nSPS) is 35.0. The molecule has 0 aromatic heterocycles. The van der Waals surface area contributed by atoms with E-state index in [-0.39, 0.29) is 0 Å². The van der Waals surface area contributed by atoms with Crippen LogP contribution in [0.25, 0.3) is 0 Å². The van der Waals surface area contributed by atoms with Gasteiger partial charge >= 0.3 is 0 Å². The molecule has 1 unspecified atom stereocenters. The van der Waals surface area contributed by atoms with E-state index < -0.39 is 28.6 Å². The van der Waals surface area contributed by atoms with Crippen LogP contribution in [0.15, 0.2) is 24.3 Å². The first-order valence-corrected chi connectivity index (χ1v) is 5.86. The summed E-state index contributed by atoms with van der Waals surface area (Å²) in [5.74, 6) is -2.16. The van der Waals surface area contributed by atoms with Gasteiger partial charge in [0.15, 0.2) is 10.8 Å². The molecule has 0 radical (unpaired) electrons. The number of rotatable bonds is 1. The lowest BCUT2D eigenvalue weighted by Crippen LogP contribution is -2.31. The van der Waals surface area contributed by atoms with E-state index in [0.29, 0.717) is 10.6 Å². The summed E-state index contributed by atoms with van der Waals surface area (Å²) in [6.07, 6.45) is 0. The van der Waals surface area contributed by atoms with Gasteiger partial charge in [0.2, 0.25) is 11.8 Å². The Bertz CT molecular complexity index is 679. The fourth-order valence-electron chi connectivity index (χ4n) is 2.99. The van der Waals surface area contributed by atoms with Crippen molar-refractivity contribution in [1.82, 2.24) is 5.32 Å². The molecule has 1 heterocycles. The predicted molar refractivity (Wildman–Crippen MR) is 63.4 cm³/mol. The average Bonchev–Trinajstić information content (AvgIpc) is 2.96. The first-order chi connectivity index (χ1) is 9.04. The second-order valence-corrected chi connectivity index (χ2v) is 5.05. The number of nitrogens with one attached hydrogen (secondary N) is 1. The number of halogens is 1. The van der Waals surface area contributed by atoms with Gasteiger partial charge in [-0.2, -0.15) is 10.5 Å². The topological polar surface area (TPSA) is 93.8 Å². The molecule has 6 heteroatoms. The van der Waals surface area contributed by atoms with Crippen LogP contribution in [-0.4, -0.2) is 11.8 Å². The molecule has 2 aliphatic rings. The predicted octanol–water partition coefficient (Wildman–Crippen LogP) is 1.11. The van der Waals surface area contributed by atoms with Gasteiger partial charge in [0, 0.05) is 10.9 Å². The molecule has 3 rings (SSSR count). The van der Waals surface area contributed by atoms with Gasteiger partial charge in [-0.3, -0.25) is 14.9 Å². The number of nitriles is 2. The Kier molecular flexibility index (Phi) is 2.06. The summed E-state index contributed by atoms with van der Waals surface area (Å²) in [6, 6.07) is 10.2. The quantitative estimate of drug-likeness (QED) is 0.774. The molecule has 1 aromatic rings. The summed E-state index contributed by atoms with van der Waals surface area (Å²) in [5, 5.41) is 21.1. The number of imide groups is 1. The van der Waals surface area contributed by atoms with Crippen LogP contribution in [0.5, 0.6) is 0 Å². The third-order valence-corrected chi connectivity index (χ3v) is 4.12. The van der Waals surface area contributed by atoms with Crippen molar-refractivity contribution in [2.75, 3.05) is 0 Å². The Balaban J connectivity index is 2.21. The Morgan fingerprint density at radius 3 is 2.21 bits per heavy atom. The maximum atomic E-state index is 11.9. The van der Waals surface area contributed by atoms with Crippen molar-refractivity contribution in [1.29, 1.82) is 10.5 Å². The van der Waals surface area contributed by atoms with Gasteiger partial charge in [-0.15, -0.1) is 0 Å². The van der Waals surface area contributed by atoms with E-state index in [2.05, 4.69) is 5.32 Å². The SMILES string of the molecule is N#C[C@@]12C(=O)NC(=O)[C@]1(C#N)C2c1cccc(Cl)c1. The molecule has 0 spiro atoms. The smallest absolute Gasteiger partial charge is 0.250 e. The molecule has 1 saturated heterocycles. The lowest BCUT2D eigenvalue weighted by atomic mass is 9.98. The number of piperidine rings is 1. The molecular weight excluding hydrogens is 266 g/mol. The molecule has 1 aromatic carbocycles. The molecule has 1 aliphatic heterocycles. The van der Waals surface area contributed by atoms with E-state index in [1.54, 1.807) is 24.3 Å². The molecule has 92 valence electrons. The Morgan fingerprint density at radius 1 is 1.16 bits per heavy atom. The molecule has 1 saturated carbocycles. The van der Waals surface area contributed by atoms with Gasteiger partial charge in [0.1, 0.15) is 0 Å². The van der Waals surface area contributed by atoms with Crippen LogP contribution in [0.4, 0.5) is 0 Å². The van der Waals surface area contributed by atoms with Gasteiger partial charge in [-0.05, 0) is 17.7 Å². The van der Waals surface area contributed by atoms with Gasteiger partial charge in [0.05, 0.1) is 12.1 Å². The zero-order valence-corrected chi connectivity index (χ0v) is 10.2. The molecule has 19 heavy (non-hydrogen) atoms. The van der Waals surface area contributed by atoms with Crippen molar-refractivity contribution < 1.29 is 9.59 Å². The van der Waals surface area contributed by atoms with Gasteiger partial charge in [-0.25, -0.2) is 0 Å². The second-order valence-electron chi connectivity index (χ2n) is 4.61. The number of benzene rings is 1. The van der Waals surface area contributed by atoms with Gasteiger partial charge < -0.3 is 0 Å². The number of amides is 2. The summed E-state index contributed by atoms with van der Waals surface area (Å²) < 4.78 is 0. The minimum atomic E-state index is -1.62. The van der Waals surface area contributed by atoms with Crippen molar-refractivity contribution in [3.63, 3.8) is 0 Å². The highest BCUT2D eigenvalue weighted by Crippen LogP contribution is 2.76. The summed E-state index contributed by atoms with van der Waals surface area (Å²) in [5.41, 5.74) is -2.69. The van der Waals surface area contributed by atoms with Gasteiger partial charge in [-0.1, -0.05) is 23.7 Å². The molecule has 0 bridgehead atoms. The largest absolute Gasteiger partial charge is 0.293 e. The molecule has 1 aliphatic carbocycles. The van der Waals surface area contributed by atoms with Crippen LogP contribution in [0.3, 0.4) is 0 Å². The van der Waals surface area contributed by atoms with Crippen molar-refractivity contribution >= 4 is 23.4 Å². The summed E-state index contributed by atoms with van der Waals surface area (Å²) >= 11 is 5.87. The standard InChI is InChI=1S/C13H6ClN3O2/c14-8-3-1-2-7(4-8)9-12(5-15)10(18)17-11(19)13(9,12)6-16/h1-4,9H,(H,17,18,19)/t9?,12-,13+. The van der Waals surface area contributed by atoms with Crippen molar-refractivity contribution in [3.05, 3.63) is 34.9 Å². The summed E-state index contributed by atoms with van der Waals surface area (Å²) in [6.45, 7) is 0. The number of carbonyl (C=O) groups excluding carboxylic acids is 2. The first-order valence-electron chi connectivity index (χ1n) is 5.48. The van der Waals surface area contributed by atoms with Crippen LogP contribution in [-0.2, 0) is 9.59 Å². The monoisotopic (exact) mass is 271 g/mol. The zero-order valence-electron chi connectivity index (χ0n) is 9.48. The van der Waals surface area contributed by atoms with Crippen LogP contribution in [0.2, 0.25) is 5.02 Å². The molecular formula is C13H6ClN3O2. The fourth-order valence-corrected chi connectivity index (χ4v) is 3.19. The highest BCUT2D eigenvalue weighted by Gasteiger charge is 2.90. The van der Waals surface area contributed by atoms with Crippen LogP contribution in [0.1, 0.15) is 11.5 Å². The average molecular weight is 272 g/mol. The van der Waals surface area contributed by atoms with E-state index in [0.717, 1.165) is 0 Å². The number of fused-ring (bicyclic) bond motifs is 1. The highest BCUT2D eigenvalue weighted by atomic mass is 35.5. The summed E-state index contributed by atoms with van der Waals surface area (Å²) in [7, 11) is 0. The zero-order chi connectivity index (χ0) is 13.8. The maximum absolute atomic E-state index is 11.9. The van der Waals surface area contributed by atoms with Crippen LogP contribution in [0, 0.1) is 33.5 Å². The number of hydrogen-bond acceptors (Lipinski definition) is 4. The highest BCUT2D eigenvalue weighted by molar-refractivity contribution is 6.30. The van der Waals surface area contributed by atoms with Crippen molar-refractivity contribution in [2.24, 2.45) is 10.8 Å². The van der Waals surface area contributed by atoms with Crippen molar-refractivity contribution in [2.45, 2.75) is 5.92 Å².